The number of amides is 4. The Kier molecular flexibility index (Phi) is 6.32. The highest BCUT2D eigenvalue weighted by molar-refractivity contribution is 6.07. The van der Waals surface area contributed by atoms with Crippen LogP contribution < -0.4 is 5.32 Å². The van der Waals surface area contributed by atoms with Gasteiger partial charge in [0.15, 0.2) is 5.54 Å². The van der Waals surface area contributed by atoms with Gasteiger partial charge in [0.05, 0.1) is 12.6 Å². The molecule has 8 heteroatoms. The van der Waals surface area contributed by atoms with Crippen LogP contribution in [-0.2, 0) is 15.1 Å². The molecule has 5 rings (SSSR count). The summed E-state index contributed by atoms with van der Waals surface area (Å²) in [5.74, 6) is -0.382. The van der Waals surface area contributed by atoms with Crippen LogP contribution in [-0.4, -0.2) is 65.0 Å². The smallest absolute Gasteiger partial charge is 0.325 e. The Morgan fingerprint density at radius 3 is 2.66 bits per heavy atom. The number of aryl methyl sites for hydroxylation is 2. The third kappa shape index (κ3) is 4.20. The van der Waals surface area contributed by atoms with Crippen molar-refractivity contribution in [3.8, 4) is 0 Å². The quantitative estimate of drug-likeness (QED) is 0.670. The summed E-state index contributed by atoms with van der Waals surface area (Å²) >= 11 is 0. The van der Waals surface area contributed by atoms with Crippen LogP contribution in [0.5, 0.6) is 0 Å². The number of carbonyl (C=O) groups excluding carboxylic acids is 3. The number of hydrogen-bond donors (Lipinski definition) is 1. The van der Waals surface area contributed by atoms with Gasteiger partial charge in [-0.1, -0.05) is 23.8 Å². The number of imide groups is 1. The number of hydrogen-bond acceptors (Lipinski definition) is 5. The molecule has 35 heavy (non-hydrogen) atoms. The van der Waals surface area contributed by atoms with E-state index < -0.39 is 5.54 Å². The molecule has 1 aromatic carbocycles. The molecule has 8 nitrogen and oxygen atoms in total. The highest BCUT2D eigenvalue weighted by atomic mass is 16.5. The second kappa shape index (κ2) is 9.41. The molecule has 0 unspecified atom stereocenters. The summed E-state index contributed by atoms with van der Waals surface area (Å²) in [5.41, 5.74) is 2.23. The van der Waals surface area contributed by atoms with Crippen molar-refractivity contribution in [2.24, 2.45) is 5.92 Å². The number of nitrogens with one attached hydrogen (secondary N) is 1. The van der Waals surface area contributed by atoms with E-state index >= 15 is 0 Å². The Morgan fingerprint density at radius 2 is 1.97 bits per heavy atom. The van der Waals surface area contributed by atoms with Gasteiger partial charge in [0.1, 0.15) is 0 Å². The van der Waals surface area contributed by atoms with Gasteiger partial charge in [0.25, 0.3) is 11.8 Å². The fourth-order valence-electron chi connectivity index (χ4n) is 5.71. The number of nitrogens with zero attached hydrogens (tertiary/aromatic N) is 3. The predicted octanol–water partition coefficient (Wildman–Crippen LogP) is 3.18. The Labute approximate surface area is 205 Å². The highest BCUT2D eigenvalue weighted by Gasteiger charge is 2.57. The standard InChI is InChI=1S/C27H32N4O4/c1-18-7-8-19(2)23(15-18)24(32)30-12-9-20(10-13-30)27(21-5-3-11-28-16-21)25(33)31(26(34)29-27)17-22-6-4-14-35-22/h3,5,7-8,11,15-16,20,22H,4,6,9-10,12-14,17H2,1-2H3,(H,29,34)/t22-,27+/m1/s1. The normalized spacial score (nSPS) is 25.3. The minimum Gasteiger partial charge on any atom is -0.376 e. The number of pyridine rings is 1. The molecule has 0 bridgehead atoms. The van der Waals surface area contributed by atoms with Gasteiger partial charge < -0.3 is 15.0 Å². The zero-order chi connectivity index (χ0) is 24.6. The number of urea groups is 1. The number of benzene rings is 1. The SMILES string of the molecule is Cc1ccc(C)c(C(=O)N2CCC([C@@]3(c4cccnc4)NC(=O)N(C[C@H]4CCCO4)C3=O)CC2)c1. The number of rotatable bonds is 5. The van der Waals surface area contributed by atoms with Gasteiger partial charge in [0.2, 0.25) is 0 Å². The molecular formula is C27H32N4O4. The molecule has 3 aliphatic rings. The molecule has 0 radical (unpaired) electrons. The molecule has 3 fully saturated rings. The van der Waals surface area contributed by atoms with Gasteiger partial charge in [-0.05, 0) is 63.1 Å². The van der Waals surface area contributed by atoms with Crippen molar-refractivity contribution >= 4 is 17.8 Å². The van der Waals surface area contributed by atoms with E-state index in [1.807, 2.05) is 43.0 Å². The lowest BCUT2D eigenvalue weighted by Crippen LogP contribution is -2.54. The van der Waals surface area contributed by atoms with Crippen molar-refractivity contribution < 1.29 is 19.1 Å². The van der Waals surface area contributed by atoms with Gasteiger partial charge in [-0.25, -0.2) is 4.79 Å². The van der Waals surface area contributed by atoms with Crippen LogP contribution in [0.3, 0.4) is 0 Å². The second-order valence-electron chi connectivity index (χ2n) is 9.92. The van der Waals surface area contributed by atoms with Gasteiger partial charge >= 0.3 is 6.03 Å². The Morgan fingerprint density at radius 1 is 1.17 bits per heavy atom. The lowest BCUT2D eigenvalue weighted by Gasteiger charge is -2.41. The van der Waals surface area contributed by atoms with E-state index in [2.05, 4.69) is 10.3 Å². The lowest BCUT2D eigenvalue weighted by molar-refractivity contribution is -0.135. The Balaban J connectivity index is 1.39. The van der Waals surface area contributed by atoms with Crippen molar-refractivity contribution in [1.29, 1.82) is 0 Å². The van der Waals surface area contributed by atoms with Crippen LogP contribution >= 0.6 is 0 Å². The topological polar surface area (TPSA) is 91.8 Å². The van der Waals surface area contributed by atoms with E-state index in [-0.39, 0.29) is 36.4 Å². The van der Waals surface area contributed by atoms with Crippen LogP contribution in [0.25, 0.3) is 0 Å². The lowest BCUT2D eigenvalue weighted by atomic mass is 9.73. The summed E-state index contributed by atoms with van der Waals surface area (Å²) in [6.07, 6.45) is 6.20. The maximum absolute atomic E-state index is 13.9. The number of carbonyl (C=O) groups is 3. The maximum atomic E-state index is 13.9. The molecule has 0 aliphatic carbocycles. The number of ether oxygens (including phenoxy) is 1. The number of piperidine rings is 1. The van der Waals surface area contributed by atoms with Crippen molar-refractivity contribution in [2.75, 3.05) is 26.2 Å². The van der Waals surface area contributed by atoms with Crippen LogP contribution in [0.2, 0.25) is 0 Å². The summed E-state index contributed by atoms with van der Waals surface area (Å²) in [5, 5.41) is 3.06. The number of likely N-dealkylation sites (tertiary alicyclic amines) is 1. The first-order valence-corrected chi connectivity index (χ1v) is 12.4. The van der Waals surface area contributed by atoms with Crippen molar-refractivity contribution in [3.05, 3.63) is 65.0 Å². The van der Waals surface area contributed by atoms with Crippen molar-refractivity contribution in [2.45, 2.75) is 51.2 Å². The molecular weight excluding hydrogens is 444 g/mol. The van der Waals surface area contributed by atoms with E-state index in [0.29, 0.717) is 38.1 Å². The molecule has 0 saturated carbocycles. The maximum Gasteiger partial charge on any atom is 0.325 e. The van der Waals surface area contributed by atoms with Crippen LogP contribution in [0.1, 0.15) is 52.7 Å². The van der Waals surface area contributed by atoms with E-state index in [0.717, 1.165) is 29.5 Å². The first-order chi connectivity index (χ1) is 16.9. The van der Waals surface area contributed by atoms with Crippen LogP contribution in [0, 0.1) is 19.8 Å². The van der Waals surface area contributed by atoms with Gasteiger partial charge in [-0.2, -0.15) is 0 Å². The van der Waals surface area contributed by atoms with Crippen LogP contribution in [0.4, 0.5) is 4.79 Å². The first kappa shape index (κ1) is 23.5. The van der Waals surface area contributed by atoms with Gasteiger partial charge in [-0.15, -0.1) is 0 Å². The highest BCUT2D eigenvalue weighted by Crippen LogP contribution is 2.41. The first-order valence-electron chi connectivity index (χ1n) is 12.4. The summed E-state index contributed by atoms with van der Waals surface area (Å²) < 4.78 is 5.70. The molecule has 0 spiro atoms. The Hall–Kier alpha value is -3.26. The Bertz CT molecular complexity index is 1120. The summed E-state index contributed by atoms with van der Waals surface area (Å²) in [7, 11) is 0. The molecule has 2 aromatic rings. The van der Waals surface area contributed by atoms with E-state index in [1.165, 1.54) is 4.90 Å². The third-order valence-corrected chi connectivity index (χ3v) is 7.68. The minimum atomic E-state index is -1.18. The second-order valence-corrected chi connectivity index (χ2v) is 9.92. The molecule has 2 atom stereocenters. The summed E-state index contributed by atoms with van der Waals surface area (Å²) in [6, 6.07) is 9.18. The average Bonchev–Trinajstić information content (AvgIpc) is 3.48. The zero-order valence-electron chi connectivity index (χ0n) is 20.3. The van der Waals surface area contributed by atoms with Crippen molar-refractivity contribution in [3.63, 3.8) is 0 Å². The molecule has 3 aliphatic heterocycles. The summed E-state index contributed by atoms with van der Waals surface area (Å²) in [6.45, 7) is 5.90. The van der Waals surface area contributed by atoms with Gasteiger partial charge in [-0.3, -0.25) is 19.5 Å². The average molecular weight is 477 g/mol. The minimum absolute atomic E-state index is 0.0156. The molecule has 3 saturated heterocycles. The molecule has 4 amide bonds. The van der Waals surface area contributed by atoms with Crippen molar-refractivity contribution in [1.82, 2.24) is 20.1 Å². The zero-order valence-corrected chi connectivity index (χ0v) is 20.3. The monoisotopic (exact) mass is 476 g/mol. The molecule has 1 aromatic heterocycles. The van der Waals surface area contributed by atoms with E-state index in [4.69, 9.17) is 4.74 Å². The predicted molar refractivity (Wildman–Crippen MR) is 130 cm³/mol. The fraction of sp³-hybridized carbons (Fsp3) is 0.481. The summed E-state index contributed by atoms with van der Waals surface area (Å²) in [4.78, 5) is 47.7. The third-order valence-electron chi connectivity index (χ3n) is 7.68. The van der Waals surface area contributed by atoms with E-state index in [9.17, 15) is 14.4 Å². The van der Waals surface area contributed by atoms with E-state index in [1.54, 1.807) is 18.5 Å². The molecule has 1 N–H and O–H groups in total. The fourth-order valence-corrected chi connectivity index (χ4v) is 5.71. The molecule has 184 valence electrons. The van der Waals surface area contributed by atoms with Crippen LogP contribution in [0.15, 0.2) is 42.7 Å². The largest absolute Gasteiger partial charge is 0.376 e. The molecule has 4 heterocycles. The van der Waals surface area contributed by atoms with Gasteiger partial charge in [0, 0.05) is 43.2 Å². The number of aromatic nitrogens is 1.